The third-order valence-corrected chi connectivity index (χ3v) is 5.63. The van der Waals surface area contributed by atoms with Gasteiger partial charge < -0.3 is 11.1 Å². The molecule has 1 aliphatic carbocycles. The molecule has 0 spiro atoms. The first-order valence-corrected chi connectivity index (χ1v) is 8.59. The Balaban J connectivity index is 1.86. The van der Waals surface area contributed by atoms with Crippen molar-refractivity contribution in [2.45, 2.75) is 37.5 Å². The van der Waals surface area contributed by atoms with Gasteiger partial charge in [0.05, 0.1) is 5.39 Å². The Morgan fingerprint density at radius 3 is 3.21 bits per heavy atom. The lowest BCUT2D eigenvalue weighted by Gasteiger charge is -2.21. The Hall–Kier alpha value is -1.01. The zero-order valence-corrected chi connectivity index (χ0v) is 12.6. The number of rotatable bonds is 4. The number of nitrogens with one attached hydrogen (secondary N) is 1. The highest BCUT2D eigenvalue weighted by Gasteiger charge is 2.27. The van der Waals surface area contributed by atoms with Crippen LogP contribution in [0.15, 0.2) is 11.4 Å². The summed E-state index contributed by atoms with van der Waals surface area (Å²) in [6, 6.07) is 2.57. The van der Waals surface area contributed by atoms with Crippen molar-refractivity contribution in [2.24, 2.45) is 0 Å². The number of thioether (sulfide) groups is 1. The Labute approximate surface area is 121 Å². The van der Waals surface area contributed by atoms with Crippen LogP contribution in [-0.4, -0.2) is 27.0 Å². The number of hydrogen-bond acceptors (Lipinski definition) is 6. The first-order chi connectivity index (χ1) is 9.28. The molecule has 0 bridgehead atoms. The lowest BCUT2D eigenvalue weighted by Crippen LogP contribution is -2.27. The van der Waals surface area contributed by atoms with Gasteiger partial charge in [-0.25, -0.2) is 4.98 Å². The smallest absolute Gasteiger partial charge is 0.223 e. The molecule has 2 aromatic heterocycles. The van der Waals surface area contributed by atoms with Crippen molar-refractivity contribution < 1.29 is 0 Å². The van der Waals surface area contributed by atoms with E-state index in [1.807, 2.05) is 17.1 Å². The predicted octanol–water partition coefficient (Wildman–Crippen LogP) is 3.36. The molecule has 2 aromatic rings. The lowest BCUT2D eigenvalue weighted by molar-refractivity contribution is 0.764. The largest absolute Gasteiger partial charge is 0.368 e. The summed E-state index contributed by atoms with van der Waals surface area (Å²) in [4.78, 5) is 9.62. The van der Waals surface area contributed by atoms with E-state index in [1.54, 1.807) is 11.3 Å². The molecule has 0 aliphatic heterocycles. The van der Waals surface area contributed by atoms with E-state index in [0.717, 1.165) is 16.0 Å². The first kappa shape index (κ1) is 13.0. The monoisotopic (exact) mass is 294 g/mol. The van der Waals surface area contributed by atoms with Crippen molar-refractivity contribution in [1.82, 2.24) is 9.97 Å². The van der Waals surface area contributed by atoms with Crippen LogP contribution in [0.1, 0.15) is 26.2 Å². The summed E-state index contributed by atoms with van der Waals surface area (Å²) < 4.78 is 0. The van der Waals surface area contributed by atoms with Crippen LogP contribution < -0.4 is 11.1 Å². The molecule has 1 fully saturated rings. The maximum atomic E-state index is 5.79. The second-order valence-corrected chi connectivity index (χ2v) is 7.16. The quantitative estimate of drug-likeness (QED) is 0.905. The fraction of sp³-hybridized carbons (Fsp3) is 0.538. The number of aromatic nitrogens is 2. The number of fused-ring (bicyclic) bond motifs is 1. The first-order valence-electron chi connectivity index (χ1n) is 6.66. The molecule has 2 atom stereocenters. The Morgan fingerprint density at radius 2 is 2.37 bits per heavy atom. The number of thiophene rings is 1. The van der Waals surface area contributed by atoms with Gasteiger partial charge in [-0.3, -0.25) is 0 Å². The molecule has 1 aliphatic rings. The average Bonchev–Trinajstić information content (AvgIpc) is 2.99. The number of hydrogen-bond donors (Lipinski definition) is 2. The fourth-order valence-corrected chi connectivity index (χ4v) is 4.63. The van der Waals surface area contributed by atoms with Crippen LogP contribution >= 0.6 is 23.1 Å². The summed E-state index contributed by atoms with van der Waals surface area (Å²) in [5.74, 6) is 2.43. The third-order valence-electron chi connectivity index (χ3n) is 3.50. The number of nitrogens with two attached hydrogens (primary N) is 1. The summed E-state index contributed by atoms with van der Waals surface area (Å²) in [6.45, 7) is 2.22. The van der Waals surface area contributed by atoms with E-state index < -0.39 is 0 Å². The SMILES string of the molecule is CCSC1CCCC1Nc1nc(N)nc2sccc12. The van der Waals surface area contributed by atoms with E-state index in [-0.39, 0.29) is 0 Å². The third kappa shape index (κ3) is 2.65. The van der Waals surface area contributed by atoms with Crippen molar-refractivity contribution in [3.8, 4) is 0 Å². The normalized spacial score (nSPS) is 23.0. The molecule has 0 amide bonds. The Morgan fingerprint density at radius 1 is 1.47 bits per heavy atom. The highest BCUT2D eigenvalue weighted by atomic mass is 32.2. The second kappa shape index (κ2) is 5.54. The maximum absolute atomic E-state index is 5.79. The highest BCUT2D eigenvalue weighted by Crippen LogP contribution is 2.34. The zero-order valence-electron chi connectivity index (χ0n) is 10.9. The lowest BCUT2D eigenvalue weighted by atomic mass is 10.2. The van der Waals surface area contributed by atoms with Crippen LogP contribution in [-0.2, 0) is 0 Å². The van der Waals surface area contributed by atoms with Gasteiger partial charge in [0, 0.05) is 11.3 Å². The molecular weight excluding hydrogens is 276 g/mol. The summed E-state index contributed by atoms with van der Waals surface area (Å²) in [5, 5.41) is 7.42. The van der Waals surface area contributed by atoms with Crippen molar-refractivity contribution in [3.63, 3.8) is 0 Å². The number of nitrogens with zero attached hydrogens (tertiary/aromatic N) is 2. The van der Waals surface area contributed by atoms with Gasteiger partial charge in [-0.15, -0.1) is 11.3 Å². The molecule has 2 heterocycles. The van der Waals surface area contributed by atoms with Gasteiger partial charge in [0.15, 0.2) is 0 Å². The molecule has 0 aromatic carbocycles. The average molecular weight is 294 g/mol. The highest BCUT2D eigenvalue weighted by molar-refractivity contribution is 7.99. The van der Waals surface area contributed by atoms with Gasteiger partial charge in [-0.05, 0) is 30.0 Å². The van der Waals surface area contributed by atoms with Crippen LogP contribution in [0.2, 0.25) is 0 Å². The van der Waals surface area contributed by atoms with Crippen molar-refractivity contribution in [3.05, 3.63) is 11.4 Å². The maximum Gasteiger partial charge on any atom is 0.223 e. The molecular formula is C13H18N4S2. The summed E-state index contributed by atoms with van der Waals surface area (Å²) in [5.41, 5.74) is 5.79. The van der Waals surface area contributed by atoms with E-state index in [4.69, 9.17) is 5.73 Å². The minimum absolute atomic E-state index is 0.357. The molecule has 6 heteroatoms. The number of anilines is 2. The predicted molar refractivity (Wildman–Crippen MR) is 85.0 cm³/mol. The molecule has 4 nitrogen and oxygen atoms in total. The summed E-state index contributed by atoms with van der Waals surface area (Å²) in [6.07, 6.45) is 3.80. The summed E-state index contributed by atoms with van der Waals surface area (Å²) >= 11 is 3.65. The number of nitrogen functional groups attached to an aromatic ring is 1. The van der Waals surface area contributed by atoms with Crippen LogP contribution in [0.5, 0.6) is 0 Å². The molecule has 2 unspecified atom stereocenters. The molecule has 0 saturated heterocycles. The van der Waals surface area contributed by atoms with Crippen molar-refractivity contribution in [1.29, 1.82) is 0 Å². The van der Waals surface area contributed by atoms with Crippen molar-refractivity contribution in [2.75, 3.05) is 16.8 Å². The standard InChI is InChI=1S/C13H18N4S2/c1-2-18-10-5-3-4-9(10)15-11-8-6-7-19-12(8)17-13(14)16-11/h6-7,9-10H,2-5H2,1H3,(H3,14,15,16,17). The molecule has 3 N–H and O–H groups in total. The fourth-order valence-electron chi connectivity index (χ4n) is 2.66. The summed E-state index contributed by atoms with van der Waals surface area (Å²) in [7, 11) is 0. The molecule has 3 rings (SSSR count). The van der Waals surface area contributed by atoms with Crippen LogP contribution in [0.25, 0.3) is 10.2 Å². The van der Waals surface area contributed by atoms with Crippen molar-refractivity contribution >= 4 is 45.1 Å². The topological polar surface area (TPSA) is 63.8 Å². The van der Waals surface area contributed by atoms with E-state index in [9.17, 15) is 0 Å². The van der Waals surface area contributed by atoms with Gasteiger partial charge in [0.25, 0.3) is 0 Å². The van der Waals surface area contributed by atoms with Crippen LogP contribution in [0.4, 0.5) is 11.8 Å². The second-order valence-electron chi connectivity index (χ2n) is 4.75. The Bertz CT molecular complexity index is 569. The zero-order chi connectivity index (χ0) is 13.2. The van der Waals surface area contributed by atoms with Crippen LogP contribution in [0, 0.1) is 0 Å². The minimum Gasteiger partial charge on any atom is -0.368 e. The molecule has 19 heavy (non-hydrogen) atoms. The van der Waals surface area contributed by atoms with E-state index >= 15 is 0 Å². The van der Waals surface area contributed by atoms with Gasteiger partial charge >= 0.3 is 0 Å². The molecule has 1 saturated carbocycles. The van der Waals surface area contributed by atoms with Gasteiger partial charge in [-0.2, -0.15) is 16.7 Å². The Kier molecular flexibility index (Phi) is 3.79. The van der Waals surface area contributed by atoms with Gasteiger partial charge in [0.2, 0.25) is 5.95 Å². The minimum atomic E-state index is 0.357. The van der Waals surface area contributed by atoms with E-state index in [2.05, 4.69) is 28.3 Å². The van der Waals surface area contributed by atoms with Gasteiger partial charge in [-0.1, -0.05) is 13.3 Å². The van der Waals surface area contributed by atoms with E-state index in [0.29, 0.717) is 17.2 Å². The van der Waals surface area contributed by atoms with E-state index in [1.165, 1.54) is 25.0 Å². The molecule has 102 valence electrons. The molecule has 0 radical (unpaired) electrons. The van der Waals surface area contributed by atoms with Crippen LogP contribution in [0.3, 0.4) is 0 Å². The van der Waals surface area contributed by atoms with Gasteiger partial charge in [0.1, 0.15) is 10.6 Å².